The van der Waals surface area contributed by atoms with Gasteiger partial charge in [0.15, 0.2) is 0 Å². The molecule has 32 heavy (non-hydrogen) atoms. The topological polar surface area (TPSA) is 0 Å². The summed E-state index contributed by atoms with van der Waals surface area (Å²) >= 11 is 0. The van der Waals surface area contributed by atoms with E-state index < -0.39 is 34.5 Å². The van der Waals surface area contributed by atoms with Crippen molar-refractivity contribution in [3.8, 4) is 0 Å². The Balaban J connectivity index is 2.50. The van der Waals surface area contributed by atoms with Crippen LogP contribution in [0.4, 0.5) is 26.3 Å². The minimum Gasteiger partial charge on any atom is -0.170 e. The highest BCUT2D eigenvalue weighted by Crippen LogP contribution is 2.74. The summed E-state index contributed by atoms with van der Waals surface area (Å²) in [6, 6.07) is 0. The lowest BCUT2D eigenvalue weighted by atomic mass is 9.40. The highest BCUT2D eigenvalue weighted by atomic mass is 19.4. The van der Waals surface area contributed by atoms with Crippen LogP contribution in [-0.2, 0) is 0 Å². The zero-order chi connectivity index (χ0) is 24.1. The Hall–Kier alpha value is -0.420. The van der Waals surface area contributed by atoms with Crippen molar-refractivity contribution in [2.24, 2.45) is 22.2 Å². The SMILES string of the molecule is CCCCCCCCC(C)C(C)(C1(C(F)(F)F)CCCCC1)C1(C(F)(F)F)CCCCC1. The highest BCUT2D eigenvalue weighted by molar-refractivity contribution is 5.14. The summed E-state index contributed by atoms with van der Waals surface area (Å²) in [4.78, 5) is 0. The number of halogens is 6. The summed E-state index contributed by atoms with van der Waals surface area (Å²) in [6.45, 7) is 5.23. The van der Waals surface area contributed by atoms with Gasteiger partial charge in [-0.15, -0.1) is 0 Å². The van der Waals surface area contributed by atoms with Gasteiger partial charge < -0.3 is 0 Å². The van der Waals surface area contributed by atoms with Gasteiger partial charge in [-0.05, 0) is 37.0 Å². The molecule has 0 aliphatic heterocycles. The monoisotopic (exact) mass is 470 g/mol. The summed E-state index contributed by atoms with van der Waals surface area (Å²) < 4.78 is 89.6. The van der Waals surface area contributed by atoms with Gasteiger partial charge in [0, 0.05) is 0 Å². The molecular weight excluding hydrogens is 426 g/mol. The summed E-state index contributed by atoms with van der Waals surface area (Å²) in [5.74, 6) is -0.631. The molecule has 0 amide bonds. The maximum Gasteiger partial charge on any atom is 0.395 e. The lowest BCUT2D eigenvalue weighted by Gasteiger charge is -2.64. The van der Waals surface area contributed by atoms with Crippen molar-refractivity contribution >= 4 is 0 Å². The molecule has 2 aliphatic carbocycles. The largest absolute Gasteiger partial charge is 0.395 e. The van der Waals surface area contributed by atoms with E-state index in [0.717, 1.165) is 32.1 Å². The van der Waals surface area contributed by atoms with E-state index in [-0.39, 0.29) is 25.7 Å². The quantitative estimate of drug-likeness (QED) is 0.220. The average Bonchev–Trinajstić information content (AvgIpc) is 2.74. The lowest BCUT2D eigenvalue weighted by molar-refractivity contribution is -0.362. The fourth-order valence-corrected chi connectivity index (χ4v) is 7.43. The molecule has 0 aromatic heterocycles. The minimum atomic E-state index is -4.63. The van der Waals surface area contributed by atoms with E-state index in [9.17, 15) is 26.3 Å². The van der Waals surface area contributed by atoms with Crippen LogP contribution in [0.3, 0.4) is 0 Å². The first-order chi connectivity index (χ1) is 14.9. The molecule has 1 unspecified atom stereocenters. The van der Waals surface area contributed by atoms with Gasteiger partial charge in [0.1, 0.15) is 0 Å². The van der Waals surface area contributed by atoms with Crippen LogP contribution >= 0.6 is 0 Å². The van der Waals surface area contributed by atoms with Crippen molar-refractivity contribution < 1.29 is 26.3 Å². The van der Waals surface area contributed by atoms with Crippen LogP contribution in [0.25, 0.3) is 0 Å². The van der Waals surface area contributed by atoms with Crippen molar-refractivity contribution in [1.82, 2.24) is 0 Å². The molecule has 0 bridgehead atoms. The first-order valence-electron chi connectivity index (χ1n) is 13.0. The van der Waals surface area contributed by atoms with Gasteiger partial charge in [-0.2, -0.15) is 26.3 Å². The van der Waals surface area contributed by atoms with Crippen LogP contribution in [0.1, 0.15) is 130 Å². The molecule has 2 rings (SSSR count). The van der Waals surface area contributed by atoms with Crippen LogP contribution in [-0.4, -0.2) is 12.4 Å². The molecule has 2 aliphatic rings. The number of rotatable bonds is 10. The van der Waals surface area contributed by atoms with E-state index in [1.807, 2.05) is 0 Å². The van der Waals surface area contributed by atoms with Gasteiger partial charge in [0.05, 0.1) is 10.8 Å². The standard InChI is InChI=1S/C26H44F6/c1-4-5-6-7-8-11-16-21(2)22(3,23(25(27,28)29)17-12-9-13-18-23)24(26(30,31)32)19-14-10-15-20-24/h21H,4-20H2,1-3H3. The van der Waals surface area contributed by atoms with Crippen molar-refractivity contribution in [1.29, 1.82) is 0 Å². The van der Waals surface area contributed by atoms with E-state index >= 15 is 0 Å². The van der Waals surface area contributed by atoms with Crippen molar-refractivity contribution in [3.63, 3.8) is 0 Å². The van der Waals surface area contributed by atoms with Gasteiger partial charge in [-0.3, -0.25) is 0 Å². The predicted octanol–water partition coefficient (Wildman–Crippen LogP) is 10.4. The molecule has 0 spiro atoms. The summed E-state index contributed by atoms with van der Waals surface area (Å²) in [5, 5.41) is 0. The third-order valence-corrected chi connectivity index (χ3v) is 9.46. The van der Waals surface area contributed by atoms with E-state index in [0.29, 0.717) is 51.4 Å². The fraction of sp³-hybridized carbons (Fsp3) is 1.00. The Kier molecular flexibility index (Phi) is 9.46. The molecular formula is C26H44F6. The normalized spacial score (nSPS) is 23.2. The molecule has 0 nitrogen and oxygen atoms in total. The molecule has 0 heterocycles. The van der Waals surface area contributed by atoms with Gasteiger partial charge in [0.2, 0.25) is 0 Å². The zero-order valence-corrected chi connectivity index (χ0v) is 20.4. The molecule has 0 N–H and O–H groups in total. The van der Waals surface area contributed by atoms with E-state index in [4.69, 9.17) is 0 Å². The van der Waals surface area contributed by atoms with Crippen molar-refractivity contribution in [2.75, 3.05) is 0 Å². The number of alkyl halides is 6. The van der Waals surface area contributed by atoms with Crippen LogP contribution in [0, 0.1) is 22.2 Å². The predicted molar refractivity (Wildman–Crippen MR) is 118 cm³/mol. The van der Waals surface area contributed by atoms with Crippen LogP contribution in [0.2, 0.25) is 0 Å². The molecule has 0 saturated heterocycles. The number of unbranched alkanes of at least 4 members (excludes halogenated alkanes) is 5. The second kappa shape index (κ2) is 10.9. The molecule has 2 fully saturated rings. The Labute approximate surface area is 191 Å². The van der Waals surface area contributed by atoms with E-state index in [2.05, 4.69) is 6.92 Å². The Morgan fingerprint density at radius 3 is 1.38 bits per heavy atom. The smallest absolute Gasteiger partial charge is 0.170 e. The summed E-state index contributed by atoms with van der Waals surface area (Å²) in [7, 11) is 0. The third kappa shape index (κ3) is 4.99. The molecule has 0 radical (unpaired) electrons. The third-order valence-electron chi connectivity index (χ3n) is 9.46. The lowest BCUT2D eigenvalue weighted by Crippen LogP contribution is -2.66. The summed E-state index contributed by atoms with van der Waals surface area (Å²) in [5.41, 5.74) is -6.36. The Morgan fingerprint density at radius 2 is 1.00 bits per heavy atom. The first kappa shape index (κ1) is 27.8. The Morgan fingerprint density at radius 1 is 0.625 bits per heavy atom. The fourth-order valence-electron chi connectivity index (χ4n) is 7.43. The molecule has 0 aromatic rings. The van der Waals surface area contributed by atoms with Gasteiger partial charge in [-0.25, -0.2) is 0 Å². The van der Waals surface area contributed by atoms with Crippen LogP contribution in [0.5, 0.6) is 0 Å². The van der Waals surface area contributed by atoms with Gasteiger partial charge in [0.25, 0.3) is 0 Å². The molecule has 190 valence electrons. The molecule has 1 atom stereocenters. The second-order valence-corrected chi connectivity index (χ2v) is 10.9. The van der Waals surface area contributed by atoms with Crippen molar-refractivity contribution in [2.45, 2.75) is 142 Å². The van der Waals surface area contributed by atoms with Gasteiger partial charge >= 0.3 is 12.4 Å². The minimum absolute atomic E-state index is 0.161. The van der Waals surface area contributed by atoms with Gasteiger partial charge in [-0.1, -0.05) is 104 Å². The maximum absolute atomic E-state index is 14.9. The molecule has 2 saturated carbocycles. The van der Waals surface area contributed by atoms with E-state index in [1.165, 1.54) is 6.92 Å². The van der Waals surface area contributed by atoms with E-state index in [1.54, 1.807) is 6.92 Å². The maximum atomic E-state index is 14.9. The van der Waals surface area contributed by atoms with Crippen LogP contribution < -0.4 is 0 Å². The average molecular weight is 471 g/mol. The summed E-state index contributed by atoms with van der Waals surface area (Å²) in [6.07, 6.45) is -0.712. The first-order valence-corrected chi connectivity index (χ1v) is 13.0. The highest BCUT2D eigenvalue weighted by Gasteiger charge is 2.76. The van der Waals surface area contributed by atoms with Crippen molar-refractivity contribution in [3.05, 3.63) is 0 Å². The zero-order valence-electron chi connectivity index (χ0n) is 20.4. The molecule has 0 aromatic carbocycles. The molecule has 6 heteroatoms. The number of hydrogen-bond acceptors (Lipinski definition) is 0. The Bertz CT molecular complexity index is 514. The second-order valence-electron chi connectivity index (χ2n) is 10.9. The van der Waals surface area contributed by atoms with Crippen LogP contribution in [0.15, 0.2) is 0 Å². The number of hydrogen-bond donors (Lipinski definition) is 0.